The number of primary amides is 1. The summed E-state index contributed by atoms with van der Waals surface area (Å²) in [6.07, 6.45) is 1.85. The third kappa shape index (κ3) is 3.42. The first-order chi connectivity index (χ1) is 11.9. The molecule has 0 radical (unpaired) electrons. The van der Waals surface area contributed by atoms with Gasteiger partial charge in [0.2, 0.25) is 5.91 Å². The van der Waals surface area contributed by atoms with E-state index in [1.807, 2.05) is 31.7 Å². The van der Waals surface area contributed by atoms with Crippen molar-refractivity contribution in [3.8, 4) is 0 Å². The van der Waals surface area contributed by atoms with Crippen LogP contribution in [0, 0.1) is 13.8 Å². The predicted octanol–water partition coefficient (Wildman–Crippen LogP) is 1.29. The third-order valence-corrected chi connectivity index (χ3v) is 4.79. The van der Waals surface area contributed by atoms with Crippen molar-refractivity contribution in [1.82, 2.24) is 24.9 Å². The first-order valence-corrected chi connectivity index (χ1v) is 8.53. The molecule has 8 nitrogen and oxygen atoms in total. The maximum atomic E-state index is 12.9. The van der Waals surface area contributed by atoms with Gasteiger partial charge in [-0.25, -0.2) is 0 Å². The van der Waals surface area contributed by atoms with Crippen LogP contribution in [0.4, 0.5) is 0 Å². The maximum absolute atomic E-state index is 12.9. The van der Waals surface area contributed by atoms with Gasteiger partial charge < -0.3 is 10.6 Å². The molecule has 0 unspecified atom stereocenters. The average molecular weight is 344 g/mol. The summed E-state index contributed by atoms with van der Waals surface area (Å²) in [7, 11) is 0. The standard InChI is InChI=1S/C17H24N6O2/c1-10-7-11(2)23(21-10)12(3)17(25)22-6-4-5-13(9-22)14-8-15(16(18)24)20-19-14/h7-8,12-13H,4-6,9H2,1-3H3,(H2,18,24)(H,19,20)/t12-,13-/m1/s1. The molecular formula is C17H24N6O2. The van der Waals surface area contributed by atoms with E-state index in [1.165, 1.54) is 0 Å². The second-order valence-electron chi connectivity index (χ2n) is 6.74. The summed E-state index contributed by atoms with van der Waals surface area (Å²) >= 11 is 0. The molecular weight excluding hydrogens is 320 g/mol. The van der Waals surface area contributed by atoms with E-state index in [0.717, 1.165) is 36.5 Å². The summed E-state index contributed by atoms with van der Waals surface area (Å²) in [6, 6.07) is 3.32. The number of aromatic nitrogens is 4. The molecule has 3 heterocycles. The number of hydrogen-bond donors (Lipinski definition) is 2. The van der Waals surface area contributed by atoms with E-state index in [1.54, 1.807) is 10.7 Å². The summed E-state index contributed by atoms with van der Waals surface area (Å²) in [6.45, 7) is 7.09. The van der Waals surface area contributed by atoms with Gasteiger partial charge in [0.1, 0.15) is 11.7 Å². The van der Waals surface area contributed by atoms with Crippen LogP contribution >= 0.6 is 0 Å². The van der Waals surface area contributed by atoms with Crippen molar-refractivity contribution in [2.75, 3.05) is 13.1 Å². The van der Waals surface area contributed by atoms with E-state index in [0.29, 0.717) is 6.54 Å². The molecule has 1 aliphatic rings. The molecule has 1 saturated heterocycles. The van der Waals surface area contributed by atoms with Gasteiger partial charge in [0, 0.05) is 30.4 Å². The summed E-state index contributed by atoms with van der Waals surface area (Å²) in [5.74, 6) is -0.360. The molecule has 0 bridgehead atoms. The van der Waals surface area contributed by atoms with Crippen molar-refractivity contribution in [2.24, 2.45) is 5.73 Å². The van der Waals surface area contributed by atoms with Crippen LogP contribution in [0.3, 0.4) is 0 Å². The topological polar surface area (TPSA) is 110 Å². The van der Waals surface area contributed by atoms with Crippen LogP contribution in [-0.2, 0) is 4.79 Å². The van der Waals surface area contributed by atoms with Gasteiger partial charge >= 0.3 is 0 Å². The van der Waals surface area contributed by atoms with Gasteiger partial charge in [0.25, 0.3) is 5.91 Å². The molecule has 8 heteroatoms. The van der Waals surface area contributed by atoms with E-state index in [9.17, 15) is 9.59 Å². The van der Waals surface area contributed by atoms with Crippen molar-refractivity contribution in [3.05, 3.63) is 34.9 Å². The van der Waals surface area contributed by atoms with Crippen molar-refractivity contribution in [2.45, 2.75) is 45.6 Å². The number of likely N-dealkylation sites (tertiary alicyclic amines) is 1. The highest BCUT2D eigenvalue weighted by Gasteiger charge is 2.30. The molecule has 3 rings (SSSR count). The Morgan fingerprint density at radius 1 is 1.36 bits per heavy atom. The van der Waals surface area contributed by atoms with E-state index in [-0.39, 0.29) is 23.6 Å². The van der Waals surface area contributed by atoms with Gasteiger partial charge in [-0.3, -0.25) is 19.4 Å². The highest BCUT2D eigenvalue weighted by atomic mass is 16.2. The number of nitrogens with one attached hydrogen (secondary N) is 1. The number of H-pyrrole nitrogens is 1. The lowest BCUT2D eigenvalue weighted by molar-refractivity contribution is -0.135. The van der Waals surface area contributed by atoms with Crippen molar-refractivity contribution in [3.63, 3.8) is 0 Å². The Morgan fingerprint density at radius 3 is 2.72 bits per heavy atom. The summed E-state index contributed by atoms with van der Waals surface area (Å²) in [5.41, 5.74) is 8.23. The molecule has 2 atom stereocenters. The summed E-state index contributed by atoms with van der Waals surface area (Å²) < 4.78 is 1.78. The predicted molar refractivity (Wildman–Crippen MR) is 92.1 cm³/mol. The van der Waals surface area contributed by atoms with Gasteiger partial charge in [-0.15, -0.1) is 0 Å². The fraction of sp³-hybridized carbons (Fsp3) is 0.529. The number of aryl methyl sites for hydroxylation is 2. The number of carbonyl (C=O) groups is 2. The van der Waals surface area contributed by atoms with Crippen molar-refractivity contribution >= 4 is 11.8 Å². The van der Waals surface area contributed by atoms with Crippen molar-refractivity contribution in [1.29, 1.82) is 0 Å². The Hall–Kier alpha value is -2.64. The molecule has 1 aliphatic heterocycles. The number of rotatable bonds is 4. The van der Waals surface area contributed by atoms with Crippen LogP contribution < -0.4 is 5.73 Å². The number of carbonyl (C=O) groups excluding carboxylic acids is 2. The molecule has 3 N–H and O–H groups in total. The lowest BCUT2D eigenvalue weighted by Crippen LogP contribution is -2.42. The van der Waals surface area contributed by atoms with E-state index >= 15 is 0 Å². The molecule has 2 aromatic rings. The number of nitrogens with zero attached hydrogens (tertiary/aromatic N) is 4. The number of amides is 2. The van der Waals surface area contributed by atoms with Crippen LogP contribution in [0.25, 0.3) is 0 Å². The average Bonchev–Trinajstić information content (AvgIpc) is 3.20. The zero-order chi connectivity index (χ0) is 18.1. The first kappa shape index (κ1) is 17.2. The SMILES string of the molecule is Cc1cc(C)n([C@H](C)C(=O)N2CCC[C@@H](c3cc(C(N)=O)n[nH]3)C2)n1. The Balaban J connectivity index is 1.72. The Morgan fingerprint density at radius 2 is 2.12 bits per heavy atom. The largest absolute Gasteiger partial charge is 0.364 e. The monoisotopic (exact) mass is 344 g/mol. The Labute approximate surface area is 146 Å². The summed E-state index contributed by atoms with van der Waals surface area (Å²) in [5, 5.41) is 11.3. The Kier molecular flexibility index (Phi) is 4.61. The van der Waals surface area contributed by atoms with Crippen LogP contribution in [0.1, 0.15) is 59.3 Å². The third-order valence-electron chi connectivity index (χ3n) is 4.79. The molecule has 0 aromatic carbocycles. The van der Waals surface area contributed by atoms with E-state index in [4.69, 9.17) is 5.73 Å². The van der Waals surface area contributed by atoms with Gasteiger partial charge in [-0.05, 0) is 45.7 Å². The minimum Gasteiger partial charge on any atom is -0.364 e. The maximum Gasteiger partial charge on any atom is 0.269 e. The van der Waals surface area contributed by atoms with Gasteiger partial charge in [0.05, 0.1) is 5.69 Å². The lowest BCUT2D eigenvalue weighted by atomic mass is 9.94. The normalized spacial score (nSPS) is 19.0. The molecule has 134 valence electrons. The number of piperidine rings is 1. The molecule has 0 saturated carbocycles. The highest BCUT2D eigenvalue weighted by Crippen LogP contribution is 2.27. The molecule has 0 spiro atoms. The Bertz CT molecular complexity index is 793. The molecule has 2 aromatic heterocycles. The first-order valence-electron chi connectivity index (χ1n) is 8.53. The molecule has 2 amide bonds. The number of aromatic amines is 1. The fourth-order valence-corrected chi connectivity index (χ4v) is 3.51. The number of hydrogen-bond acceptors (Lipinski definition) is 4. The quantitative estimate of drug-likeness (QED) is 0.870. The smallest absolute Gasteiger partial charge is 0.269 e. The minimum absolute atomic E-state index is 0.0607. The highest BCUT2D eigenvalue weighted by molar-refractivity contribution is 5.90. The zero-order valence-electron chi connectivity index (χ0n) is 14.8. The number of nitrogens with two attached hydrogens (primary N) is 1. The zero-order valence-corrected chi connectivity index (χ0v) is 14.8. The minimum atomic E-state index is -0.551. The molecule has 1 fully saturated rings. The van der Waals surface area contributed by atoms with Crippen LogP contribution in [0.5, 0.6) is 0 Å². The van der Waals surface area contributed by atoms with E-state index < -0.39 is 5.91 Å². The van der Waals surface area contributed by atoms with Crippen LogP contribution in [-0.4, -0.2) is 49.8 Å². The van der Waals surface area contributed by atoms with Crippen molar-refractivity contribution < 1.29 is 9.59 Å². The van der Waals surface area contributed by atoms with E-state index in [2.05, 4.69) is 15.3 Å². The second kappa shape index (κ2) is 6.70. The lowest BCUT2D eigenvalue weighted by Gasteiger charge is -2.34. The fourth-order valence-electron chi connectivity index (χ4n) is 3.51. The molecule has 25 heavy (non-hydrogen) atoms. The second-order valence-corrected chi connectivity index (χ2v) is 6.74. The van der Waals surface area contributed by atoms with Crippen LogP contribution in [0.15, 0.2) is 12.1 Å². The summed E-state index contributed by atoms with van der Waals surface area (Å²) in [4.78, 5) is 26.0. The van der Waals surface area contributed by atoms with Crippen LogP contribution in [0.2, 0.25) is 0 Å². The molecule has 0 aliphatic carbocycles. The van der Waals surface area contributed by atoms with Gasteiger partial charge in [0.15, 0.2) is 0 Å². The van der Waals surface area contributed by atoms with Gasteiger partial charge in [-0.2, -0.15) is 10.2 Å². The van der Waals surface area contributed by atoms with Gasteiger partial charge in [-0.1, -0.05) is 0 Å².